The quantitative estimate of drug-likeness (QED) is 0.455. The van der Waals surface area contributed by atoms with Crippen molar-refractivity contribution in [2.24, 2.45) is 0 Å². The Bertz CT molecular complexity index is 1170. The van der Waals surface area contributed by atoms with E-state index < -0.39 is 0 Å². The maximum absolute atomic E-state index is 14.0. The van der Waals surface area contributed by atoms with Crippen LogP contribution in [0.2, 0.25) is 0 Å². The molecule has 0 saturated carbocycles. The summed E-state index contributed by atoms with van der Waals surface area (Å²) in [7, 11) is 4.07. The number of likely N-dealkylation sites (N-methyl/N-ethyl adjacent to an activating group) is 1. The van der Waals surface area contributed by atoms with E-state index in [9.17, 15) is 4.39 Å². The third-order valence-electron chi connectivity index (χ3n) is 5.38. The van der Waals surface area contributed by atoms with Gasteiger partial charge in [0.15, 0.2) is 11.5 Å². The molecule has 0 bridgehead atoms. The summed E-state index contributed by atoms with van der Waals surface area (Å²) >= 11 is 0. The van der Waals surface area contributed by atoms with Gasteiger partial charge in [0.2, 0.25) is 0 Å². The zero-order chi connectivity index (χ0) is 20.0. The minimum Gasteiger partial charge on any atom is -0.368 e. The molecule has 9 nitrogen and oxygen atoms in total. The molecule has 1 aromatic carbocycles. The Hall–Kier alpha value is -3.11. The molecule has 2 atom stereocenters. The number of nitrogens with zero attached hydrogens (tertiary/aromatic N) is 6. The van der Waals surface area contributed by atoms with Gasteiger partial charge in [-0.05, 0) is 32.3 Å². The lowest BCUT2D eigenvalue weighted by Crippen LogP contribution is -2.60. The van der Waals surface area contributed by atoms with Gasteiger partial charge < -0.3 is 14.9 Å². The molecule has 1 fully saturated rings. The molecule has 1 aliphatic rings. The molecule has 1 saturated heterocycles. The van der Waals surface area contributed by atoms with E-state index in [1.807, 2.05) is 14.1 Å². The Morgan fingerprint density at radius 2 is 2.17 bits per heavy atom. The Kier molecular flexibility index (Phi) is 4.36. The van der Waals surface area contributed by atoms with Gasteiger partial charge in [-0.2, -0.15) is 0 Å². The summed E-state index contributed by atoms with van der Waals surface area (Å²) in [5, 5.41) is 6.77. The average Bonchev–Trinajstić information content (AvgIpc) is 3.26. The molecule has 0 spiro atoms. The first-order valence-electron chi connectivity index (χ1n) is 9.56. The Morgan fingerprint density at radius 3 is 2.97 bits per heavy atom. The Balaban J connectivity index is 1.43. The molecule has 2 unspecified atom stereocenters. The number of anilines is 1. The predicted octanol–water partition coefficient (Wildman–Crippen LogP) is 1.53. The highest BCUT2D eigenvalue weighted by Gasteiger charge is 2.35. The SMILES string of the molecule is CN(C)C1NCC1n1c(CCNc2ncnc3nc[nH]c23)nc2ccc(F)cc21. The van der Waals surface area contributed by atoms with Crippen molar-refractivity contribution in [1.82, 2.24) is 39.7 Å². The molecule has 0 aliphatic carbocycles. The van der Waals surface area contributed by atoms with Crippen LogP contribution in [0, 0.1) is 5.82 Å². The molecule has 4 aromatic rings. The zero-order valence-electron chi connectivity index (χ0n) is 16.2. The third kappa shape index (κ3) is 3.10. The third-order valence-corrected chi connectivity index (χ3v) is 5.38. The van der Waals surface area contributed by atoms with Gasteiger partial charge in [-0.25, -0.2) is 24.3 Å². The summed E-state index contributed by atoms with van der Waals surface area (Å²) in [6, 6.07) is 4.97. The van der Waals surface area contributed by atoms with Crippen LogP contribution in [-0.4, -0.2) is 67.7 Å². The van der Waals surface area contributed by atoms with Crippen molar-refractivity contribution < 1.29 is 4.39 Å². The predicted molar refractivity (Wildman–Crippen MR) is 108 cm³/mol. The monoisotopic (exact) mass is 395 g/mol. The average molecular weight is 395 g/mol. The van der Waals surface area contributed by atoms with Crippen LogP contribution in [0.5, 0.6) is 0 Å². The lowest BCUT2D eigenvalue weighted by Gasteiger charge is -2.43. The number of hydrogen-bond acceptors (Lipinski definition) is 7. The van der Waals surface area contributed by atoms with Gasteiger partial charge in [-0.1, -0.05) is 0 Å². The smallest absolute Gasteiger partial charge is 0.182 e. The lowest BCUT2D eigenvalue weighted by atomic mass is 10.1. The topological polar surface area (TPSA) is 99.6 Å². The van der Waals surface area contributed by atoms with Crippen LogP contribution in [-0.2, 0) is 6.42 Å². The lowest BCUT2D eigenvalue weighted by molar-refractivity contribution is 0.0962. The molecule has 5 rings (SSSR count). The highest BCUT2D eigenvalue weighted by atomic mass is 19.1. The molecule has 29 heavy (non-hydrogen) atoms. The summed E-state index contributed by atoms with van der Waals surface area (Å²) < 4.78 is 16.1. The second-order valence-electron chi connectivity index (χ2n) is 7.42. The van der Waals surface area contributed by atoms with Gasteiger partial charge in [0, 0.05) is 19.5 Å². The van der Waals surface area contributed by atoms with Crippen molar-refractivity contribution in [3.63, 3.8) is 0 Å². The molecule has 3 N–H and O–H groups in total. The number of aromatic nitrogens is 6. The van der Waals surface area contributed by atoms with Gasteiger partial charge in [0.05, 0.1) is 29.6 Å². The number of benzene rings is 1. The van der Waals surface area contributed by atoms with Gasteiger partial charge in [-0.15, -0.1) is 0 Å². The molecular formula is C19H22FN9. The van der Waals surface area contributed by atoms with Crippen molar-refractivity contribution in [3.8, 4) is 0 Å². The van der Waals surface area contributed by atoms with Gasteiger partial charge in [0.25, 0.3) is 0 Å². The van der Waals surface area contributed by atoms with Crippen LogP contribution >= 0.6 is 0 Å². The van der Waals surface area contributed by atoms with Crippen LogP contribution in [0.1, 0.15) is 11.9 Å². The fourth-order valence-electron chi connectivity index (χ4n) is 3.94. The summed E-state index contributed by atoms with van der Waals surface area (Å²) in [4.78, 5) is 22.6. The first kappa shape index (κ1) is 18.0. The zero-order valence-corrected chi connectivity index (χ0v) is 16.2. The first-order valence-corrected chi connectivity index (χ1v) is 9.56. The van der Waals surface area contributed by atoms with Gasteiger partial charge in [0.1, 0.15) is 23.5 Å². The molecular weight excluding hydrogens is 373 g/mol. The van der Waals surface area contributed by atoms with Crippen LogP contribution in [0.15, 0.2) is 30.9 Å². The number of nitrogens with one attached hydrogen (secondary N) is 3. The number of hydrogen-bond donors (Lipinski definition) is 3. The van der Waals surface area contributed by atoms with E-state index >= 15 is 0 Å². The Morgan fingerprint density at radius 1 is 1.28 bits per heavy atom. The summed E-state index contributed by atoms with van der Waals surface area (Å²) in [5.74, 6) is 1.38. The highest BCUT2D eigenvalue weighted by molar-refractivity contribution is 5.82. The molecule has 1 aliphatic heterocycles. The highest BCUT2D eigenvalue weighted by Crippen LogP contribution is 2.29. The number of H-pyrrole nitrogens is 1. The van der Waals surface area contributed by atoms with Crippen LogP contribution in [0.3, 0.4) is 0 Å². The normalized spacial score (nSPS) is 19.2. The molecule has 4 heterocycles. The number of fused-ring (bicyclic) bond motifs is 2. The maximum atomic E-state index is 14.0. The van der Waals surface area contributed by atoms with Crippen molar-refractivity contribution >= 4 is 28.0 Å². The van der Waals surface area contributed by atoms with E-state index in [1.54, 1.807) is 18.5 Å². The van der Waals surface area contributed by atoms with E-state index in [0.717, 1.165) is 28.9 Å². The Labute approximate surface area is 166 Å². The summed E-state index contributed by atoms with van der Waals surface area (Å²) in [5.41, 5.74) is 3.04. The number of halogens is 1. The largest absolute Gasteiger partial charge is 0.368 e. The first-order chi connectivity index (χ1) is 14.1. The minimum absolute atomic E-state index is 0.189. The molecule has 0 amide bonds. The fraction of sp³-hybridized carbons (Fsp3) is 0.368. The van der Waals surface area contributed by atoms with Gasteiger partial charge >= 0.3 is 0 Å². The standard InChI is InChI=1S/C19H22FN9/c1-28(2)19-14(8-22-19)29-13-7-11(20)3-4-12(13)27-15(29)5-6-21-17-16-18(24-9-23-16)26-10-25-17/h3-4,7,9-10,14,19,22H,5-6,8H2,1-2H3,(H2,21,23,24,25,26). The van der Waals surface area contributed by atoms with Crippen LogP contribution < -0.4 is 10.6 Å². The van der Waals surface area contributed by atoms with E-state index in [-0.39, 0.29) is 18.0 Å². The van der Waals surface area contributed by atoms with E-state index in [2.05, 4.69) is 40.0 Å². The van der Waals surface area contributed by atoms with E-state index in [0.29, 0.717) is 24.4 Å². The van der Waals surface area contributed by atoms with Crippen molar-refractivity contribution in [2.45, 2.75) is 18.6 Å². The van der Waals surface area contributed by atoms with Crippen molar-refractivity contribution in [1.29, 1.82) is 0 Å². The number of aromatic amines is 1. The molecule has 150 valence electrons. The van der Waals surface area contributed by atoms with Crippen molar-refractivity contribution in [3.05, 3.63) is 42.5 Å². The van der Waals surface area contributed by atoms with Crippen molar-refractivity contribution in [2.75, 3.05) is 32.5 Å². The number of rotatable bonds is 6. The van der Waals surface area contributed by atoms with Crippen LogP contribution in [0.25, 0.3) is 22.2 Å². The minimum atomic E-state index is -0.250. The summed E-state index contributed by atoms with van der Waals surface area (Å²) in [6.07, 6.45) is 3.95. The second kappa shape index (κ2) is 7.05. The number of imidazole rings is 2. The molecule has 3 aromatic heterocycles. The molecule has 0 radical (unpaired) electrons. The summed E-state index contributed by atoms with van der Waals surface area (Å²) in [6.45, 7) is 1.45. The van der Waals surface area contributed by atoms with Gasteiger partial charge in [-0.3, -0.25) is 10.2 Å². The van der Waals surface area contributed by atoms with E-state index in [1.165, 1.54) is 12.4 Å². The molecule has 10 heteroatoms. The van der Waals surface area contributed by atoms with Crippen LogP contribution in [0.4, 0.5) is 10.2 Å². The second-order valence-corrected chi connectivity index (χ2v) is 7.42. The van der Waals surface area contributed by atoms with E-state index in [4.69, 9.17) is 4.98 Å². The fourth-order valence-corrected chi connectivity index (χ4v) is 3.94. The maximum Gasteiger partial charge on any atom is 0.182 e.